The first kappa shape index (κ1) is 19.1. The highest BCUT2D eigenvalue weighted by atomic mass is 35.5. The van der Waals surface area contributed by atoms with Crippen molar-refractivity contribution in [3.63, 3.8) is 0 Å². The molecule has 2 aromatic carbocycles. The summed E-state index contributed by atoms with van der Waals surface area (Å²) in [7, 11) is 0. The molecule has 142 valence electrons. The van der Waals surface area contributed by atoms with E-state index in [2.05, 4.69) is 10.3 Å². The summed E-state index contributed by atoms with van der Waals surface area (Å²) in [6.07, 6.45) is 1.02. The van der Waals surface area contributed by atoms with Gasteiger partial charge in [-0.25, -0.2) is 4.79 Å². The van der Waals surface area contributed by atoms with Crippen LogP contribution >= 0.6 is 11.6 Å². The first-order chi connectivity index (χ1) is 13.4. The molecule has 0 aliphatic heterocycles. The van der Waals surface area contributed by atoms with Crippen LogP contribution in [0.2, 0.25) is 5.02 Å². The maximum atomic E-state index is 12.7. The van der Waals surface area contributed by atoms with Crippen LogP contribution in [-0.4, -0.2) is 21.4 Å². The highest BCUT2D eigenvalue weighted by Gasteiger charge is 2.17. The number of amides is 2. The normalized spacial score (nSPS) is 10.5. The summed E-state index contributed by atoms with van der Waals surface area (Å²) in [6.45, 7) is -0.104. The lowest BCUT2D eigenvalue weighted by Crippen LogP contribution is -2.39. The van der Waals surface area contributed by atoms with Gasteiger partial charge in [0.05, 0.1) is 17.8 Å². The van der Waals surface area contributed by atoms with Crippen LogP contribution in [0.15, 0.2) is 64.3 Å². The molecular weight excluding hydrogens is 384 g/mol. The third-order valence-electron chi connectivity index (χ3n) is 4.03. The predicted octanol–water partition coefficient (Wildman–Crippen LogP) is 1.59. The third kappa shape index (κ3) is 3.86. The summed E-state index contributed by atoms with van der Waals surface area (Å²) in [4.78, 5) is 51.2. The fraction of sp³-hybridized carbons (Fsp3) is 0.0526. The zero-order chi connectivity index (χ0) is 20.3. The van der Waals surface area contributed by atoms with E-state index in [1.165, 1.54) is 12.1 Å². The molecule has 4 N–H and O–H groups in total. The van der Waals surface area contributed by atoms with Gasteiger partial charge in [-0.3, -0.25) is 19.0 Å². The molecule has 0 aliphatic rings. The minimum absolute atomic E-state index is 0.0941. The number of aromatic nitrogens is 2. The lowest BCUT2D eigenvalue weighted by molar-refractivity contribution is 0.100. The number of carbonyl (C=O) groups excluding carboxylic acids is 2. The number of rotatable bonds is 5. The number of benzene rings is 2. The van der Waals surface area contributed by atoms with E-state index in [4.69, 9.17) is 17.3 Å². The Labute approximate surface area is 163 Å². The molecule has 1 aromatic heterocycles. The van der Waals surface area contributed by atoms with Gasteiger partial charge in [0.25, 0.3) is 17.4 Å². The molecular formula is C19H15ClN4O4. The van der Waals surface area contributed by atoms with Gasteiger partial charge < -0.3 is 16.0 Å². The van der Waals surface area contributed by atoms with E-state index < -0.39 is 23.1 Å². The van der Waals surface area contributed by atoms with Crippen molar-refractivity contribution >= 4 is 29.1 Å². The Bertz CT molecular complexity index is 1180. The van der Waals surface area contributed by atoms with Gasteiger partial charge in [0, 0.05) is 11.2 Å². The van der Waals surface area contributed by atoms with Gasteiger partial charge in [0.2, 0.25) is 0 Å². The molecule has 0 saturated heterocycles. The van der Waals surface area contributed by atoms with Crippen LogP contribution in [0.3, 0.4) is 0 Å². The molecule has 0 fully saturated rings. The Morgan fingerprint density at radius 3 is 2.43 bits per heavy atom. The van der Waals surface area contributed by atoms with Crippen molar-refractivity contribution in [2.75, 3.05) is 5.32 Å². The van der Waals surface area contributed by atoms with E-state index in [9.17, 15) is 19.2 Å². The Morgan fingerprint density at radius 2 is 1.71 bits per heavy atom. The molecule has 3 rings (SSSR count). The SMILES string of the molecule is NC(=O)c1ccccc1NC(=O)c1c[nH]c(=O)n(Cc2ccccc2Cl)c1=O. The number of para-hydroxylation sites is 1. The van der Waals surface area contributed by atoms with Gasteiger partial charge in [0.15, 0.2) is 0 Å². The van der Waals surface area contributed by atoms with Crippen molar-refractivity contribution in [1.29, 1.82) is 0 Å². The monoisotopic (exact) mass is 398 g/mol. The molecule has 28 heavy (non-hydrogen) atoms. The molecule has 0 radical (unpaired) electrons. The van der Waals surface area contributed by atoms with Crippen LogP contribution < -0.4 is 22.3 Å². The molecule has 3 aromatic rings. The van der Waals surface area contributed by atoms with E-state index >= 15 is 0 Å². The maximum Gasteiger partial charge on any atom is 0.328 e. The van der Waals surface area contributed by atoms with Crippen LogP contribution in [0.25, 0.3) is 0 Å². The van der Waals surface area contributed by atoms with Crippen molar-refractivity contribution < 1.29 is 9.59 Å². The van der Waals surface area contributed by atoms with Crippen molar-refractivity contribution in [3.05, 3.63) is 97.3 Å². The second kappa shape index (κ2) is 7.93. The van der Waals surface area contributed by atoms with Crippen molar-refractivity contribution in [2.45, 2.75) is 6.54 Å². The number of halogens is 1. The average molecular weight is 399 g/mol. The summed E-state index contributed by atoms with van der Waals surface area (Å²) in [5, 5.41) is 2.86. The standard InChI is InChI=1S/C19H15ClN4O4/c20-14-7-3-1-5-11(14)10-24-18(27)13(9-22-19(24)28)17(26)23-15-8-4-2-6-12(15)16(21)25/h1-9H,10H2,(H2,21,25)(H,22,28)(H,23,26). The summed E-state index contributed by atoms with van der Waals surface area (Å²) >= 11 is 6.08. The quantitative estimate of drug-likeness (QED) is 0.603. The lowest BCUT2D eigenvalue weighted by Gasteiger charge is -2.10. The van der Waals surface area contributed by atoms with Crippen molar-refractivity contribution in [3.8, 4) is 0 Å². The number of aromatic amines is 1. The number of hydrogen-bond acceptors (Lipinski definition) is 4. The molecule has 0 spiro atoms. The van der Waals surface area contributed by atoms with Crippen molar-refractivity contribution in [2.24, 2.45) is 5.73 Å². The minimum atomic E-state index is -0.794. The van der Waals surface area contributed by atoms with E-state index in [0.29, 0.717) is 10.6 Å². The number of H-pyrrole nitrogens is 1. The second-order valence-corrected chi connectivity index (χ2v) is 6.26. The first-order valence-electron chi connectivity index (χ1n) is 8.14. The van der Waals surface area contributed by atoms with Gasteiger partial charge in [-0.2, -0.15) is 0 Å². The lowest BCUT2D eigenvalue weighted by atomic mass is 10.1. The highest BCUT2D eigenvalue weighted by molar-refractivity contribution is 6.31. The van der Waals surface area contributed by atoms with Crippen LogP contribution in [0.4, 0.5) is 5.69 Å². The van der Waals surface area contributed by atoms with E-state index in [1.807, 2.05) is 0 Å². The van der Waals surface area contributed by atoms with E-state index in [1.54, 1.807) is 36.4 Å². The van der Waals surface area contributed by atoms with Gasteiger partial charge in [0.1, 0.15) is 5.56 Å². The number of anilines is 1. The summed E-state index contributed by atoms with van der Waals surface area (Å²) in [5.74, 6) is -1.52. The Balaban J connectivity index is 1.97. The number of primary amides is 1. The summed E-state index contributed by atoms with van der Waals surface area (Å²) in [6, 6.07) is 12.9. The summed E-state index contributed by atoms with van der Waals surface area (Å²) < 4.78 is 0.871. The topological polar surface area (TPSA) is 127 Å². The molecule has 8 nitrogen and oxygen atoms in total. The molecule has 9 heteroatoms. The van der Waals surface area contributed by atoms with Gasteiger partial charge >= 0.3 is 5.69 Å². The van der Waals surface area contributed by atoms with Crippen molar-refractivity contribution in [1.82, 2.24) is 9.55 Å². The second-order valence-electron chi connectivity index (χ2n) is 5.85. The Hall–Kier alpha value is -3.65. The Kier molecular flexibility index (Phi) is 5.42. The fourth-order valence-electron chi connectivity index (χ4n) is 2.61. The predicted molar refractivity (Wildman–Crippen MR) is 105 cm³/mol. The number of carbonyl (C=O) groups is 2. The summed E-state index contributed by atoms with van der Waals surface area (Å²) in [5.41, 5.74) is 4.31. The third-order valence-corrected chi connectivity index (χ3v) is 4.40. The van der Waals surface area contributed by atoms with Gasteiger partial charge in [-0.1, -0.05) is 41.9 Å². The molecule has 0 saturated carbocycles. The molecule has 0 atom stereocenters. The zero-order valence-electron chi connectivity index (χ0n) is 14.4. The largest absolute Gasteiger partial charge is 0.366 e. The highest BCUT2D eigenvalue weighted by Crippen LogP contribution is 2.16. The van der Waals surface area contributed by atoms with Crippen LogP contribution in [0.1, 0.15) is 26.3 Å². The van der Waals surface area contributed by atoms with Crippen LogP contribution in [-0.2, 0) is 6.54 Å². The maximum absolute atomic E-state index is 12.7. The number of nitrogens with one attached hydrogen (secondary N) is 2. The Morgan fingerprint density at radius 1 is 1.04 bits per heavy atom. The number of hydrogen-bond donors (Lipinski definition) is 3. The van der Waals surface area contributed by atoms with Gasteiger partial charge in [-0.15, -0.1) is 0 Å². The van der Waals surface area contributed by atoms with E-state index in [-0.39, 0.29) is 23.4 Å². The first-order valence-corrected chi connectivity index (χ1v) is 8.52. The number of nitrogens with zero attached hydrogens (tertiary/aromatic N) is 1. The molecule has 0 unspecified atom stereocenters. The van der Waals surface area contributed by atoms with Crippen LogP contribution in [0, 0.1) is 0 Å². The van der Waals surface area contributed by atoms with E-state index in [0.717, 1.165) is 10.8 Å². The zero-order valence-corrected chi connectivity index (χ0v) is 15.2. The fourth-order valence-corrected chi connectivity index (χ4v) is 2.81. The molecule has 0 bridgehead atoms. The molecule has 2 amide bonds. The van der Waals surface area contributed by atoms with Gasteiger partial charge in [-0.05, 0) is 23.8 Å². The average Bonchev–Trinajstić information content (AvgIpc) is 2.66. The number of nitrogens with two attached hydrogens (primary N) is 1. The minimum Gasteiger partial charge on any atom is -0.366 e. The smallest absolute Gasteiger partial charge is 0.328 e. The van der Waals surface area contributed by atoms with Crippen LogP contribution in [0.5, 0.6) is 0 Å². The molecule has 1 heterocycles. The molecule has 0 aliphatic carbocycles.